The summed E-state index contributed by atoms with van der Waals surface area (Å²) in [7, 11) is 0. The Morgan fingerprint density at radius 1 is 1.43 bits per heavy atom. The molecule has 1 heterocycles. The van der Waals surface area contributed by atoms with Crippen LogP contribution in [0.25, 0.3) is 0 Å². The minimum Gasteiger partial charge on any atom is -0.486 e. The maximum atomic E-state index is 12.9. The van der Waals surface area contributed by atoms with E-state index in [0.29, 0.717) is 18.6 Å². The molecule has 0 radical (unpaired) electrons. The van der Waals surface area contributed by atoms with Crippen molar-refractivity contribution in [3.05, 3.63) is 46.8 Å². The van der Waals surface area contributed by atoms with Crippen LogP contribution in [0.2, 0.25) is 0 Å². The van der Waals surface area contributed by atoms with Crippen molar-refractivity contribution in [3.63, 3.8) is 0 Å². The van der Waals surface area contributed by atoms with Gasteiger partial charge in [0.15, 0.2) is 5.78 Å². The van der Waals surface area contributed by atoms with Crippen molar-refractivity contribution in [2.24, 2.45) is 17.3 Å². The number of esters is 1. The molecule has 4 heteroatoms. The van der Waals surface area contributed by atoms with Crippen molar-refractivity contribution < 1.29 is 19.1 Å². The van der Waals surface area contributed by atoms with E-state index in [1.165, 1.54) is 18.1 Å². The summed E-state index contributed by atoms with van der Waals surface area (Å²) in [6.45, 7) is 11.9. The number of Topliss-reactive ketones (excluding diaryl/α,β-unsaturated/α-hetero) is 1. The number of hydrogen-bond acceptors (Lipinski definition) is 4. The second-order valence-corrected chi connectivity index (χ2v) is 9.29. The van der Waals surface area contributed by atoms with Crippen molar-refractivity contribution in [1.82, 2.24) is 0 Å². The molecule has 0 amide bonds. The SMILES string of the molecule is C=C1O[C@@H](C/C=C2/C(=O)C[C@H]3C4=C(CCCC4(C)C)C(OC(C)=O)[C@@H]23)C=C1C. The number of fused-ring (bicyclic) bond motifs is 2. The molecule has 1 saturated carbocycles. The molecule has 0 N–H and O–H groups in total. The van der Waals surface area contributed by atoms with E-state index in [1.54, 1.807) is 0 Å². The van der Waals surface area contributed by atoms with Gasteiger partial charge >= 0.3 is 5.97 Å². The standard InChI is InChI=1S/C24H30O4/c1-13-11-16(27-14(13)2)8-9-17-20(26)12-19-21(17)23(28-15(3)25)18-7-6-10-24(4,5)22(18)19/h9,11,16,19,21,23H,2,6-8,10,12H2,1,3-5H3/b17-9-/t16-,19+,21-,23?/m0/s1. The fraction of sp³-hybridized carbons (Fsp3) is 0.583. The highest BCUT2D eigenvalue weighted by Gasteiger charge is 2.55. The van der Waals surface area contributed by atoms with Gasteiger partial charge in [-0.3, -0.25) is 9.59 Å². The summed E-state index contributed by atoms with van der Waals surface area (Å²) < 4.78 is 11.6. The Hall–Kier alpha value is -2.10. The van der Waals surface area contributed by atoms with Crippen LogP contribution in [0.3, 0.4) is 0 Å². The third-order valence-corrected chi connectivity index (χ3v) is 6.92. The molecule has 0 spiro atoms. The third-order valence-electron chi connectivity index (χ3n) is 6.92. The Bertz CT molecular complexity index is 839. The lowest BCUT2D eigenvalue weighted by molar-refractivity contribution is -0.146. The number of allylic oxidation sites excluding steroid dienone is 2. The molecule has 3 aliphatic carbocycles. The summed E-state index contributed by atoms with van der Waals surface area (Å²) in [5.74, 6) is 0.765. The van der Waals surface area contributed by atoms with E-state index in [2.05, 4.69) is 26.5 Å². The topological polar surface area (TPSA) is 52.6 Å². The number of ketones is 1. The van der Waals surface area contributed by atoms with Gasteiger partial charge in [0.05, 0.1) is 0 Å². The molecule has 0 aromatic carbocycles. The maximum Gasteiger partial charge on any atom is 0.303 e. The van der Waals surface area contributed by atoms with E-state index in [0.717, 1.165) is 30.4 Å². The van der Waals surface area contributed by atoms with E-state index in [-0.39, 0.29) is 41.2 Å². The first-order valence-electron chi connectivity index (χ1n) is 10.4. The minimum absolute atomic E-state index is 0.0338. The fourth-order valence-corrected chi connectivity index (χ4v) is 5.79. The summed E-state index contributed by atoms with van der Waals surface area (Å²) in [4.78, 5) is 24.8. The number of carbonyl (C=O) groups excluding carboxylic acids is 2. The number of ether oxygens (including phenoxy) is 2. The van der Waals surface area contributed by atoms with E-state index in [4.69, 9.17) is 9.47 Å². The van der Waals surface area contributed by atoms with Crippen LogP contribution in [0.5, 0.6) is 0 Å². The molecule has 28 heavy (non-hydrogen) atoms. The molecule has 1 fully saturated rings. The third kappa shape index (κ3) is 3.07. The molecular weight excluding hydrogens is 352 g/mol. The second kappa shape index (κ2) is 6.75. The highest BCUT2D eigenvalue weighted by molar-refractivity contribution is 5.99. The number of hydrogen-bond donors (Lipinski definition) is 0. The molecule has 4 aliphatic rings. The van der Waals surface area contributed by atoms with Crippen LogP contribution in [0, 0.1) is 17.3 Å². The monoisotopic (exact) mass is 382 g/mol. The van der Waals surface area contributed by atoms with Crippen molar-refractivity contribution in [1.29, 1.82) is 0 Å². The van der Waals surface area contributed by atoms with Crippen LogP contribution in [0.15, 0.2) is 46.8 Å². The zero-order valence-electron chi connectivity index (χ0n) is 17.3. The number of rotatable bonds is 3. The first-order valence-corrected chi connectivity index (χ1v) is 10.4. The van der Waals surface area contributed by atoms with Gasteiger partial charge in [0.25, 0.3) is 0 Å². The van der Waals surface area contributed by atoms with Crippen LogP contribution in [-0.2, 0) is 19.1 Å². The molecule has 0 saturated heterocycles. The molecule has 0 bridgehead atoms. The van der Waals surface area contributed by atoms with Crippen molar-refractivity contribution >= 4 is 11.8 Å². The first kappa shape index (κ1) is 19.2. The van der Waals surface area contributed by atoms with Gasteiger partial charge in [0.1, 0.15) is 18.0 Å². The highest BCUT2D eigenvalue weighted by atomic mass is 16.5. The summed E-state index contributed by atoms with van der Waals surface area (Å²) in [5.41, 5.74) is 4.60. The molecular formula is C24H30O4. The van der Waals surface area contributed by atoms with Crippen LogP contribution in [0.1, 0.15) is 59.8 Å². The molecule has 0 aromatic rings. The average Bonchev–Trinajstić information content (AvgIpc) is 3.18. The lowest BCUT2D eigenvalue weighted by Gasteiger charge is -2.35. The van der Waals surface area contributed by atoms with Gasteiger partial charge in [0, 0.05) is 25.7 Å². The largest absolute Gasteiger partial charge is 0.486 e. The maximum absolute atomic E-state index is 12.9. The fourth-order valence-electron chi connectivity index (χ4n) is 5.79. The van der Waals surface area contributed by atoms with Crippen molar-refractivity contribution in [3.8, 4) is 0 Å². The molecule has 4 nitrogen and oxygen atoms in total. The van der Waals surface area contributed by atoms with Crippen molar-refractivity contribution in [2.75, 3.05) is 0 Å². The Morgan fingerprint density at radius 3 is 2.82 bits per heavy atom. The zero-order valence-corrected chi connectivity index (χ0v) is 17.3. The van der Waals surface area contributed by atoms with Gasteiger partial charge in [0.2, 0.25) is 0 Å². The van der Waals surface area contributed by atoms with Gasteiger partial charge < -0.3 is 9.47 Å². The Labute approximate surface area is 167 Å². The lowest BCUT2D eigenvalue weighted by Crippen LogP contribution is -2.27. The van der Waals surface area contributed by atoms with Gasteiger partial charge in [-0.25, -0.2) is 0 Å². The summed E-state index contributed by atoms with van der Waals surface area (Å²) >= 11 is 0. The van der Waals surface area contributed by atoms with E-state index in [1.807, 2.05) is 13.0 Å². The summed E-state index contributed by atoms with van der Waals surface area (Å²) in [5, 5.41) is 0. The zero-order chi connectivity index (χ0) is 20.2. The van der Waals surface area contributed by atoms with Crippen molar-refractivity contribution in [2.45, 2.75) is 72.0 Å². The van der Waals surface area contributed by atoms with E-state index in [9.17, 15) is 9.59 Å². The Balaban J connectivity index is 1.67. The smallest absolute Gasteiger partial charge is 0.303 e. The molecule has 4 atom stereocenters. The lowest BCUT2D eigenvalue weighted by atomic mass is 9.70. The van der Waals surface area contributed by atoms with Gasteiger partial charge in [-0.05, 0) is 60.3 Å². The molecule has 150 valence electrons. The normalized spacial score (nSPS) is 35.0. The van der Waals surface area contributed by atoms with Gasteiger partial charge in [-0.1, -0.05) is 32.1 Å². The summed E-state index contributed by atoms with van der Waals surface area (Å²) in [6.07, 6.45) is 8.10. The summed E-state index contributed by atoms with van der Waals surface area (Å²) in [6, 6.07) is 0. The van der Waals surface area contributed by atoms with Crippen LogP contribution >= 0.6 is 0 Å². The number of carbonyl (C=O) groups is 2. The van der Waals surface area contributed by atoms with Crippen LogP contribution in [0.4, 0.5) is 0 Å². The molecule has 1 aliphatic heterocycles. The van der Waals surface area contributed by atoms with E-state index >= 15 is 0 Å². The second-order valence-electron chi connectivity index (χ2n) is 9.29. The van der Waals surface area contributed by atoms with Crippen LogP contribution < -0.4 is 0 Å². The minimum atomic E-state index is -0.286. The highest BCUT2D eigenvalue weighted by Crippen LogP contribution is 2.59. The van der Waals surface area contributed by atoms with E-state index < -0.39 is 0 Å². The predicted molar refractivity (Wildman–Crippen MR) is 107 cm³/mol. The molecule has 4 rings (SSSR count). The quantitative estimate of drug-likeness (QED) is 0.399. The Kier molecular flexibility index (Phi) is 4.64. The molecule has 1 unspecified atom stereocenters. The molecule has 0 aromatic heterocycles. The average molecular weight is 383 g/mol. The first-order chi connectivity index (χ1) is 13.2. The predicted octanol–water partition coefficient (Wildman–Crippen LogP) is 4.82. The van der Waals surface area contributed by atoms with Gasteiger partial charge in [-0.15, -0.1) is 0 Å². The Morgan fingerprint density at radius 2 is 2.18 bits per heavy atom. The van der Waals surface area contributed by atoms with Crippen LogP contribution in [-0.4, -0.2) is 24.0 Å². The van der Waals surface area contributed by atoms with Gasteiger partial charge in [-0.2, -0.15) is 0 Å².